The Kier molecular flexibility index (Phi) is 5.16. The van der Waals surface area contributed by atoms with E-state index in [1.165, 1.54) is 6.07 Å². The molecule has 0 fully saturated rings. The molecule has 0 bridgehead atoms. The van der Waals surface area contributed by atoms with Crippen molar-refractivity contribution in [2.75, 3.05) is 5.75 Å². The molecule has 7 heteroatoms. The fourth-order valence-corrected chi connectivity index (χ4v) is 3.05. The van der Waals surface area contributed by atoms with Crippen LogP contribution in [0.1, 0.15) is 12.5 Å². The highest BCUT2D eigenvalue weighted by Gasteiger charge is 2.30. The van der Waals surface area contributed by atoms with Crippen molar-refractivity contribution >= 4 is 23.5 Å². The van der Waals surface area contributed by atoms with Crippen LogP contribution in [0.3, 0.4) is 0 Å². The second kappa shape index (κ2) is 6.70. The van der Waals surface area contributed by atoms with E-state index in [0.717, 1.165) is 16.2 Å². The van der Waals surface area contributed by atoms with Gasteiger partial charge >= 0.3 is 5.51 Å². The average Bonchev–Trinajstić information content (AvgIpc) is 2.41. The first-order chi connectivity index (χ1) is 9.90. The summed E-state index contributed by atoms with van der Waals surface area (Å²) in [6.45, 7) is 3.83. The highest BCUT2D eigenvalue weighted by Crippen LogP contribution is 2.38. The van der Waals surface area contributed by atoms with Crippen molar-refractivity contribution in [1.82, 2.24) is 9.97 Å². The smallest absolute Gasteiger partial charge is 0.253 e. The van der Waals surface area contributed by atoms with Crippen molar-refractivity contribution in [3.8, 4) is 11.4 Å². The van der Waals surface area contributed by atoms with Gasteiger partial charge in [-0.05, 0) is 36.4 Å². The molecule has 2 rings (SSSR count). The van der Waals surface area contributed by atoms with Gasteiger partial charge in [0.1, 0.15) is 10.7 Å². The van der Waals surface area contributed by atoms with Crippen molar-refractivity contribution in [1.29, 1.82) is 0 Å². The summed E-state index contributed by atoms with van der Waals surface area (Å²) in [5, 5.41) is -0.0683. The van der Waals surface area contributed by atoms with Crippen molar-refractivity contribution in [2.45, 2.75) is 29.3 Å². The summed E-state index contributed by atoms with van der Waals surface area (Å²) in [6, 6.07) is 6.74. The number of rotatable bonds is 4. The van der Waals surface area contributed by atoms with Gasteiger partial charge in [0.2, 0.25) is 0 Å². The zero-order valence-electron chi connectivity index (χ0n) is 11.4. The van der Waals surface area contributed by atoms with Crippen LogP contribution in [0.15, 0.2) is 40.4 Å². The Morgan fingerprint density at radius 1 is 1.14 bits per heavy atom. The molecule has 0 aliphatic heterocycles. The summed E-state index contributed by atoms with van der Waals surface area (Å²) in [6.07, 6.45) is 1.62. The molecule has 2 heterocycles. The van der Waals surface area contributed by atoms with Crippen LogP contribution in [0.5, 0.6) is 0 Å². The van der Waals surface area contributed by atoms with Crippen LogP contribution in [0, 0.1) is 6.92 Å². The molecule has 2 aromatic heterocycles. The number of thioether (sulfide) groups is 2. The lowest BCUT2D eigenvalue weighted by molar-refractivity contribution is -0.0329. The van der Waals surface area contributed by atoms with Crippen LogP contribution in [0.25, 0.3) is 11.4 Å². The maximum absolute atomic E-state index is 12.5. The molecule has 21 heavy (non-hydrogen) atoms. The third-order valence-corrected chi connectivity index (χ3v) is 4.18. The second-order valence-corrected chi connectivity index (χ2v) is 6.54. The Labute approximate surface area is 129 Å². The number of halogens is 3. The molecule has 0 amide bonds. The van der Waals surface area contributed by atoms with Gasteiger partial charge in [-0.2, -0.15) is 13.2 Å². The van der Waals surface area contributed by atoms with Gasteiger partial charge in [-0.15, -0.1) is 11.8 Å². The summed E-state index contributed by atoms with van der Waals surface area (Å²) in [5.74, 6) is 0.856. The van der Waals surface area contributed by atoms with Gasteiger partial charge in [-0.3, -0.25) is 4.98 Å². The number of hydrogen-bond acceptors (Lipinski definition) is 4. The van der Waals surface area contributed by atoms with Crippen molar-refractivity contribution in [2.24, 2.45) is 0 Å². The third-order valence-electron chi connectivity index (χ3n) is 2.59. The normalized spacial score (nSPS) is 11.7. The average molecular weight is 330 g/mol. The third kappa shape index (κ3) is 4.38. The van der Waals surface area contributed by atoms with Crippen LogP contribution < -0.4 is 0 Å². The van der Waals surface area contributed by atoms with Crippen molar-refractivity contribution < 1.29 is 13.2 Å². The molecule has 0 saturated carbocycles. The highest BCUT2D eigenvalue weighted by molar-refractivity contribution is 8.00. The first-order valence-corrected chi connectivity index (χ1v) is 8.02. The van der Waals surface area contributed by atoms with Gasteiger partial charge in [0.15, 0.2) is 0 Å². The molecule has 0 aliphatic carbocycles. The summed E-state index contributed by atoms with van der Waals surface area (Å²) in [4.78, 5) is 9.35. The molecular weight excluding hydrogens is 317 g/mol. The predicted molar refractivity (Wildman–Crippen MR) is 80.5 cm³/mol. The Bertz CT molecular complexity index is 630. The predicted octanol–water partition coefficient (Wildman–Crippen LogP) is 5.18. The number of pyridine rings is 2. The topological polar surface area (TPSA) is 25.8 Å². The molecule has 2 nitrogen and oxygen atoms in total. The minimum atomic E-state index is -4.34. The number of alkyl halides is 3. The SMILES string of the molecule is CCSc1cccnc1-c1nc(SC(F)(F)F)ccc1C. The zero-order valence-corrected chi connectivity index (χ0v) is 13.1. The summed E-state index contributed by atoms with van der Waals surface area (Å²) >= 11 is 1.38. The van der Waals surface area contributed by atoms with E-state index in [4.69, 9.17) is 0 Å². The van der Waals surface area contributed by atoms with E-state index in [9.17, 15) is 13.2 Å². The number of nitrogens with zero attached hydrogens (tertiary/aromatic N) is 2. The molecule has 0 N–H and O–H groups in total. The van der Waals surface area contributed by atoms with Gasteiger partial charge in [-0.1, -0.05) is 13.0 Å². The standard InChI is InChI=1S/C14H13F3N2S2/c1-3-20-10-5-4-8-18-13(10)12-9(2)6-7-11(19-12)21-14(15,16)17/h4-8H,3H2,1-2H3. The van der Waals surface area contributed by atoms with E-state index in [1.807, 2.05) is 26.0 Å². The maximum atomic E-state index is 12.5. The Morgan fingerprint density at radius 3 is 2.57 bits per heavy atom. The summed E-state index contributed by atoms with van der Waals surface area (Å²) in [7, 11) is 0. The first-order valence-electron chi connectivity index (χ1n) is 6.22. The summed E-state index contributed by atoms with van der Waals surface area (Å²) < 4.78 is 37.4. The lowest BCUT2D eigenvalue weighted by Crippen LogP contribution is -2.02. The zero-order chi connectivity index (χ0) is 15.5. The largest absolute Gasteiger partial charge is 0.447 e. The fourth-order valence-electron chi connectivity index (χ4n) is 1.77. The van der Waals surface area contributed by atoms with Crippen LogP contribution in [0.4, 0.5) is 13.2 Å². The van der Waals surface area contributed by atoms with Gasteiger partial charge in [0.25, 0.3) is 0 Å². The highest BCUT2D eigenvalue weighted by atomic mass is 32.2. The molecular formula is C14H13F3N2S2. The summed E-state index contributed by atoms with van der Waals surface area (Å²) in [5.41, 5.74) is -2.41. The lowest BCUT2D eigenvalue weighted by atomic mass is 10.1. The number of hydrogen-bond donors (Lipinski definition) is 0. The van der Waals surface area contributed by atoms with Crippen LogP contribution in [-0.2, 0) is 0 Å². The minimum absolute atomic E-state index is 0.0683. The van der Waals surface area contributed by atoms with Gasteiger partial charge in [0.05, 0.1) is 5.69 Å². The first kappa shape index (κ1) is 16.2. The van der Waals surface area contributed by atoms with E-state index in [2.05, 4.69) is 9.97 Å². The quantitative estimate of drug-likeness (QED) is 0.722. The van der Waals surface area contributed by atoms with Gasteiger partial charge in [-0.25, -0.2) is 4.98 Å². The van der Waals surface area contributed by atoms with E-state index in [1.54, 1.807) is 24.0 Å². The minimum Gasteiger partial charge on any atom is -0.253 e. The van der Waals surface area contributed by atoms with Crippen molar-refractivity contribution in [3.05, 3.63) is 36.0 Å². The Morgan fingerprint density at radius 2 is 1.90 bits per heavy atom. The monoisotopic (exact) mass is 330 g/mol. The van der Waals surface area contributed by atoms with Crippen LogP contribution >= 0.6 is 23.5 Å². The van der Waals surface area contributed by atoms with E-state index < -0.39 is 5.51 Å². The van der Waals surface area contributed by atoms with E-state index in [0.29, 0.717) is 11.4 Å². The number of aromatic nitrogens is 2. The van der Waals surface area contributed by atoms with E-state index in [-0.39, 0.29) is 16.8 Å². The van der Waals surface area contributed by atoms with Crippen molar-refractivity contribution in [3.63, 3.8) is 0 Å². The van der Waals surface area contributed by atoms with E-state index >= 15 is 0 Å². The second-order valence-electron chi connectivity index (χ2n) is 4.15. The maximum Gasteiger partial charge on any atom is 0.447 e. The molecule has 0 atom stereocenters. The molecule has 2 aromatic rings. The molecule has 0 spiro atoms. The molecule has 0 radical (unpaired) electrons. The Hall–Kier alpha value is -1.21. The fraction of sp³-hybridized carbons (Fsp3) is 0.286. The molecule has 0 aromatic carbocycles. The lowest BCUT2D eigenvalue weighted by Gasteiger charge is -2.11. The van der Waals surface area contributed by atoms with Gasteiger partial charge < -0.3 is 0 Å². The van der Waals surface area contributed by atoms with Gasteiger partial charge in [0, 0.05) is 22.9 Å². The molecule has 0 unspecified atom stereocenters. The molecule has 0 aliphatic rings. The Balaban J connectivity index is 2.46. The van der Waals surface area contributed by atoms with Crippen LogP contribution in [0.2, 0.25) is 0 Å². The van der Waals surface area contributed by atoms with Crippen LogP contribution in [-0.4, -0.2) is 21.2 Å². The molecule has 112 valence electrons. The molecule has 0 saturated heterocycles. The number of aryl methyl sites for hydroxylation is 1.